The van der Waals surface area contributed by atoms with Gasteiger partial charge in [0.1, 0.15) is 5.56 Å². The molecule has 0 fully saturated rings. The van der Waals surface area contributed by atoms with Gasteiger partial charge in [-0.15, -0.1) is 12.4 Å². The van der Waals surface area contributed by atoms with Crippen LogP contribution in [0.2, 0.25) is 0 Å². The molecule has 0 radical (unpaired) electrons. The largest absolute Gasteiger partial charge is 0.477 e. The third-order valence-corrected chi connectivity index (χ3v) is 6.10. The average molecular weight is 508 g/mol. The number of nitrogens with one attached hydrogen (secondary N) is 1. The number of carboxylic acids is 1. The fourth-order valence-corrected chi connectivity index (χ4v) is 4.20. The summed E-state index contributed by atoms with van der Waals surface area (Å²) in [4.78, 5) is 38.3. The minimum Gasteiger partial charge on any atom is -0.477 e. The Hall–Kier alpha value is -3.79. The van der Waals surface area contributed by atoms with Crippen molar-refractivity contribution in [2.45, 2.75) is 32.1 Å². The number of hydrogen-bond acceptors (Lipinski definition) is 4. The van der Waals surface area contributed by atoms with Crippen LogP contribution in [0.15, 0.2) is 70.5 Å². The van der Waals surface area contributed by atoms with Crippen molar-refractivity contribution in [3.8, 4) is 0 Å². The molecule has 1 aliphatic rings. The van der Waals surface area contributed by atoms with E-state index in [1.54, 1.807) is 43.5 Å². The maximum Gasteiger partial charge on any atom is 0.416 e. The lowest BCUT2D eigenvalue weighted by Gasteiger charge is -2.34. The van der Waals surface area contributed by atoms with Gasteiger partial charge in [0.05, 0.1) is 17.6 Å². The Balaban J connectivity index is 0.00000342. The normalized spacial score (nSPS) is 16.7. The molecule has 1 atom stereocenters. The molecule has 11 heteroatoms. The minimum atomic E-state index is -4.62. The Morgan fingerprint density at radius 1 is 1.11 bits per heavy atom. The highest BCUT2D eigenvalue weighted by Gasteiger charge is 2.35. The molecule has 0 bridgehead atoms. The first-order valence-electron chi connectivity index (χ1n) is 10.2. The van der Waals surface area contributed by atoms with Crippen LogP contribution < -0.4 is 16.6 Å². The maximum absolute atomic E-state index is 13.5. The number of allylic oxidation sites excluding steroid dienone is 1. The molecule has 0 saturated heterocycles. The number of aromatic nitrogens is 2. The number of carbonyl (C=O) groups is 1. The molecule has 4 rings (SSSR count). The molecule has 2 aromatic carbocycles. The number of fused-ring (bicyclic) bond motifs is 1. The van der Waals surface area contributed by atoms with Gasteiger partial charge in [-0.2, -0.15) is 13.2 Å². The molecule has 184 valence electrons. The zero-order valence-electron chi connectivity index (χ0n) is 18.6. The topological polar surface area (TPSA) is 93.3 Å². The summed E-state index contributed by atoms with van der Waals surface area (Å²) in [5.74, 6) is -1.55. The molecular formula is C24H21ClF3N3O4. The zero-order chi connectivity index (χ0) is 24.8. The number of aromatic carboxylic acids is 1. The van der Waals surface area contributed by atoms with Crippen LogP contribution in [0.4, 0.5) is 18.9 Å². The number of anilines is 1. The monoisotopic (exact) mass is 507 g/mol. The molecule has 35 heavy (non-hydrogen) atoms. The fourth-order valence-electron chi connectivity index (χ4n) is 4.20. The Morgan fingerprint density at radius 2 is 1.80 bits per heavy atom. The first-order valence-corrected chi connectivity index (χ1v) is 10.2. The van der Waals surface area contributed by atoms with Crippen LogP contribution in [-0.4, -0.2) is 20.2 Å². The summed E-state index contributed by atoms with van der Waals surface area (Å²) in [6.07, 6.45) is -0.394. The van der Waals surface area contributed by atoms with E-state index in [4.69, 9.17) is 0 Å². The van der Waals surface area contributed by atoms with E-state index < -0.39 is 46.6 Å². The summed E-state index contributed by atoms with van der Waals surface area (Å²) in [7, 11) is 0. The van der Waals surface area contributed by atoms with Crippen LogP contribution >= 0.6 is 12.4 Å². The standard InChI is InChI=1S/C24H20F3N3O4.ClH/c1-14-15(6-5-8-17(14)24(25,26)27)12-29-20(31)16(21(32)33)13-30(22(29)34)23(2)10-11-28-19-9-4-3-7-18(19)23;/h3-11,13,28H,12H2,1-2H3,(H,32,33);1H. The van der Waals surface area contributed by atoms with Gasteiger partial charge in [0, 0.05) is 17.4 Å². The van der Waals surface area contributed by atoms with E-state index in [1.807, 2.05) is 0 Å². The first-order chi connectivity index (χ1) is 15.9. The van der Waals surface area contributed by atoms with Crippen LogP contribution in [0.1, 0.15) is 39.5 Å². The first kappa shape index (κ1) is 25.8. The van der Waals surface area contributed by atoms with E-state index in [2.05, 4.69) is 5.32 Å². The molecule has 0 spiro atoms. The third kappa shape index (κ3) is 4.37. The number of halogens is 4. The number of rotatable bonds is 4. The molecule has 1 unspecified atom stereocenters. The van der Waals surface area contributed by atoms with Crippen molar-refractivity contribution >= 4 is 24.1 Å². The van der Waals surface area contributed by atoms with E-state index in [-0.39, 0.29) is 23.5 Å². The third-order valence-electron chi connectivity index (χ3n) is 6.10. The lowest BCUT2D eigenvalue weighted by atomic mass is 9.88. The highest BCUT2D eigenvalue weighted by atomic mass is 35.5. The highest BCUT2D eigenvalue weighted by Crippen LogP contribution is 2.35. The van der Waals surface area contributed by atoms with Crippen molar-refractivity contribution in [3.63, 3.8) is 0 Å². The molecular weight excluding hydrogens is 487 g/mol. The van der Waals surface area contributed by atoms with E-state index in [0.29, 0.717) is 15.8 Å². The van der Waals surface area contributed by atoms with E-state index >= 15 is 0 Å². The Morgan fingerprint density at radius 3 is 2.46 bits per heavy atom. The Labute approximate surface area is 203 Å². The van der Waals surface area contributed by atoms with Gasteiger partial charge < -0.3 is 10.4 Å². The second kappa shape index (κ2) is 9.10. The Kier molecular flexibility index (Phi) is 6.72. The molecule has 2 heterocycles. The lowest BCUT2D eigenvalue weighted by Crippen LogP contribution is -2.49. The van der Waals surface area contributed by atoms with E-state index in [1.165, 1.54) is 19.1 Å². The van der Waals surface area contributed by atoms with Gasteiger partial charge in [-0.3, -0.25) is 13.9 Å². The Bertz CT molecular complexity index is 1460. The SMILES string of the molecule is Cc1c(Cn2c(=O)c(C(=O)O)cn(C3(C)C=CNc4ccccc43)c2=O)cccc1C(F)(F)F.Cl. The summed E-state index contributed by atoms with van der Waals surface area (Å²) in [5.41, 5.74) is -3.41. The van der Waals surface area contributed by atoms with Crippen LogP contribution in [0.5, 0.6) is 0 Å². The van der Waals surface area contributed by atoms with Gasteiger partial charge in [-0.05, 0) is 49.4 Å². The average Bonchev–Trinajstić information content (AvgIpc) is 2.77. The maximum atomic E-state index is 13.5. The molecule has 2 N–H and O–H groups in total. The molecule has 3 aromatic rings. The zero-order valence-corrected chi connectivity index (χ0v) is 19.4. The van der Waals surface area contributed by atoms with Gasteiger partial charge >= 0.3 is 17.8 Å². The number of nitrogens with zero attached hydrogens (tertiary/aromatic N) is 2. The molecule has 1 aromatic heterocycles. The van der Waals surface area contributed by atoms with Crippen LogP contribution in [0, 0.1) is 6.92 Å². The van der Waals surface area contributed by atoms with E-state index in [9.17, 15) is 32.7 Å². The number of benzene rings is 2. The summed E-state index contributed by atoms with van der Waals surface area (Å²) in [5, 5.41) is 12.7. The molecule has 0 amide bonds. The van der Waals surface area contributed by atoms with Gasteiger partial charge in [-0.25, -0.2) is 9.59 Å². The fraction of sp³-hybridized carbons (Fsp3) is 0.208. The molecule has 0 aliphatic carbocycles. The van der Waals surface area contributed by atoms with Crippen molar-refractivity contribution in [2.75, 3.05) is 5.32 Å². The molecule has 7 nitrogen and oxygen atoms in total. The van der Waals surface area contributed by atoms with Crippen molar-refractivity contribution in [3.05, 3.63) is 110 Å². The van der Waals surface area contributed by atoms with Crippen LogP contribution in [0.3, 0.4) is 0 Å². The minimum absolute atomic E-state index is 0. The predicted octanol–water partition coefficient (Wildman–Crippen LogP) is 4.21. The van der Waals surface area contributed by atoms with Gasteiger partial charge in [0.25, 0.3) is 5.56 Å². The van der Waals surface area contributed by atoms with Crippen molar-refractivity contribution in [2.24, 2.45) is 0 Å². The summed E-state index contributed by atoms with van der Waals surface area (Å²) in [6.45, 7) is 2.41. The van der Waals surface area contributed by atoms with Crippen molar-refractivity contribution in [1.82, 2.24) is 9.13 Å². The highest BCUT2D eigenvalue weighted by molar-refractivity contribution is 5.86. The number of hydrogen-bond donors (Lipinski definition) is 2. The second-order valence-electron chi connectivity index (χ2n) is 8.15. The molecule has 1 aliphatic heterocycles. The predicted molar refractivity (Wildman–Crippen MR) is 126 cm³/mol. The number of carboxylic acid groups (broad SMARTS) is 1. The van der Waals surface area contributed by atoms with Crippen molar-refractivity contribution < 1.29 is 23.1 Å². The van der Waals surface area contributed by atoms with Crippen LogP contribution in [0.25, 0.3) is 0 Å². The summed E-state index contributed by atoms with van der Waals surface area (Å²) in [6, 6.07) is 10.5. The van der Waals surface area contributed by atoms with Crippen molar-refractivity contribution in [1.29, 1.82) is 0 Å². The molecule has 0 saturated carbocycles. The van der Waals surface area contributed by atoms with Crippen LogP contribution in [-0.2, 0) is 18.3 Å². The van der Waals surface area contributed by atoms with Gasteiger partial charge in [-0.1, -0.05) is 30.3 Å². The van der Waals surface area contributed by atoms with E-state index in [0.717, 1.165) is 16.8 Å². The van der Waals surface area contributed by atoms with Gasteiger partial charge in [0.2, 0.25) is 0 Å². The van der Waals surface area contributed by atoms with Gasteiger partial charge in [0.15, 0.2) is 0 Å². The second-order valence-corrected chi connectivity index (χ2v) is 8.15. The number of alkyl halides is 3. The lowest BCUT2D eigenvalue weighted by molar-refractivity contribution is -0.138. The quantitative estimate of drug-likeness (QED) is 0.552. The number of para-hydroxylation sites is 1. The smallest absolute Gasteiger partial charge is 0.416 e. The summed E-state index contributed by atoms with van der Waals surface area (Å²) < 4.78 is 41.9. The summed E-state index contributed by atoms with van der Waals surface area (Å²) >= 11 is 0.